The van der Waals surface area contributed by atoms with Crippen molar-refractivity contribution in [1.29, 1.82) is 0 Å². The fourth-order valence-corrected chi connectivity index (χ4v) is 1.42. The number of carbonyl (C=O) groups is 1. The standard InChI is InChI=1S/C9H9BrN2O4/c1-5(9(13)14)11-7-3-2-6(10)4-8(7)12(15)16/h2-5,11H,1H3,(H,13,14). The summed E-state index contributed by atoms with van der Waals surface area (Å²) in [5.41, 5.74) is 0.0191. The molecule has 16 heavy (non-hydrogen) atoms. The van der Waals surface area contributed by atoms with Crippen LogP contribution in [-0.2, 0) is 4.79 Å². The molecule has 0 heterocycles. The fraction of sp³-hybridized carbons (Fsp3) is 0.222. The van der Waals surface area contributed by atoms with Crippen molar-refractivity contribution in [3.05, 3.63) is 32.8 Å². The van der Waals surface area contributed by atoms with E-state index in [2.05, 4.69) is 21.2 Å². The lowest BCUT2D eigenvalue weighted by atomic mass is 10.2. The quantitative estimate of drug-likeness (QED) is 0.655. The Morgan fingerprint density at radius 2 is 2.25 bits per heavy atom. The van der Waals surface area contributed by atoms with Crippen LogP contribution in [0.2, 0.25) is 0 Å². The third-order valence-corrected chi connectivity index (χ3v) is 2.39. The van der Waals surface area contributed by atoms with Crippen molar-refractivity contribution in [2.24, 2.45) is 0 Å². The van der Waals surface area contributed by atoms with E-state index >= 15 is 0 Å². The predicted molar refractivity (Wildman–Crippen MR) is 61.5 cm³/mol. The van der Waals surface area contributed by atoms with Crippen LogP contribution < -0.4 is 5.32 Å². The fourth-order valence-electron chi connectivity index (χ4n) is 1.07. The van der Waals surface area contributed by atoms with Crippen LogP contribution in [0.5, 0.6) is 0 Å². The molecule has 1 aromatic carbocycles. The van der Waals surface area contributed by atoms with Gasteiger partial charge in [0.1, 0.15) is 11.7 Å². The minimum atomic E-state index is -1.07. The Balaban J connectivity index is 3.04. The largest absolute Gasteiger partial charge is 0.480 e. The highest BCUT2D eigenvalue weighted by Gasteiger charge is 2.18. The van der Waals surface area contributed by atoms with Gasteiger partial charge in [-0.25, -0.2) is 0 Å². The monoisotopic (exact) mass is 288 g/mol. The van der Waals surface area contributed by atoms with E-state index in [9.17, 15) is 14.9 Å². The maximum atomic E-state index is 10.7. The molecular weight excluding hydrogens is 280 g/mol. The number of carboxylic acids is 1. The van der Waals surface area contributed by atoms with Crippen molar-refractivity contribution in [2.75, 3.05) is 5.32 Å². The molecule has 0 aromatic heterocycles. The van der Waals surface area contributed by atoms with Crippen LogP contribution in [0.1, 0.15) is 6.92 Å². The summed E-state index contributed by atoms with van der Waals surface area (Å²) in [6.45, 7) is 1.41. The molecule has 0 amide bonds. The lowest BCUT2D eigenvalue weighted by Crippen LogP contribution is -2.25. The second-order valence-corrected chi connectivity index (χ2v) is 4.04. The van der Waals surface area contributed by atoms with Crippen LogP contribution in [0.15, 0.2) is 22.7 Å². The number of rotatable bonds is 4. The van der Waals surface area contributed by atoms with Crippen LogP contribution in [-0.4, -0.2) is 22.0 Å². The van der Waals surface area contributed by atoms with Gasteiger partial charge in [0, 0.05) is 10.5 Å². The number of anilines is 1. The molecule has 7 heteroatoms. The smallest absolute Gasteiger partial charge is 0.325 e. The van der Waals surface area contributed by atoms with E-state index in [4.69, 9.17) is 5.11 Å². The highest BCUT2D eigenvalue weighted by Crippen LogP contribution is 2.28. The van der Waals surface area contributed by atoms with Gasteiger partial charge in [-0.15, -0.1) is 0 Å². The van der Waals surface area contributed by atoms with E-state index in [1.54, 1.807) is 6.07 Å². The third kappa shape index (κ3) is 2.93. The lowest BCUT2D eigenvalue weighted by molar-refractivity contribution is -0.384. The summed E-state index contributed by atoms with van der Waals surface area (Å²) < 4.78 is 0.563. The molecule has 1 aromatic rings. The summed E-state index contributed by atoms with van der Waals surface area (Å²) >= 11 is 3.11. The van der Waals surface area contributed by atoms with Crippen molar-refractivity contribution < 1.29 is 14.8 Å². The minimum absolute atomic E-state index is 0.164. The van der Waals surface area contributed by atoms with Gasteiger partial charge in [-0.3, -0.25) is 14.9 Å². The van der Waals surface area contributed by atoms with Crippen molar-refractivity contribution in [3.63, 3.8) is 0 Å². The molecule has 2 N–H and O–H groups in total. The highest BCUT2D eigenvalue weighted by atomic mass is 79.9. The van der Waals surface area contributed by atoms with E-state index in [1.807, 2.05) is 0 Å². The molecule has 0 aliphatic carbocycles. The van der Waals surface area contributed by atoms with Gasteiger partial charge in [0.05, 0.1) is 4.92 Å². The number of nitrogens with one attached hydrogen (secondary N) is 1. The Morgan fingerprint density at radius 1 is 1.62 bits per heavy atom. The molecule has 0 fully saturated rings. The van der Waals surface area contributed by atoms with Crippen molar-refractivity contribution in [3.8, 4) is 0 Å². The summed E-state index contributed by atoms with van der Waals surface area (Å²) in [6.07, 6.45) is 0. The molecule has 1 atom stereocenters. The molecule has 0 radical (unpaired) electrons. The van der Waals surface area contributed by atoms with Gasteiger partial charge < -0.3 is 10.4 Å². The zero-order valence-corrected chi connectivity index (χ0v) is 9.89. The maximum absolute atomic E-state index is 10.7. The zero-order chi connectivity index (χ0) is 12.3. The Kier molecular flexibility index (Phi) is 3.83. The minimum Gasteiger partial charge on any atom is -0.480 e. The summed E-state index contributed by atoms with van der Waals surface area (Å²) in [5.74, 6) is -1.07. The molecule has 0 aliphatic heterocycles. The number of nitro benzene ring substituents is 1. The summed E-state index contributed by atoms with van der Waals surface area (Å²) in [5, 5.41) is 22.0. The first-order valence-electron chi connectivity index (χ1n) is 4.35. The summed E-state index contributed by atoms with van der Waals surface area (Å²) in [6, 6.07) is 3.49. The van der Waals surface area contributed by atoms with Crippen LogP contribution >= 0.6 is 15.9 Å². The molecule has 0 saturated heterocycles. The van der Waals surface area contributed by atoms with E-state index < -0.39 is 16.9 Å². The molecule has 0 bridgehead atoms. The predicted octanol–water partition coefficient (Wildman–Crippen LogP) is 2.24. The van der Waals surface area contributed by atoms with Crippen LogP contribution in [0, 0.1) is 10.1 Å². The second-order valence-electron chi connectivity index (χ2n) is 3.12. The van der Waals surface area contributed by atoms with E-state index in [0.717, 1.165) is 0 Å². The maximum Gasteiger partial charge on any atom is 0.325 e. The first kappa shape index (κ1) is 12.4. The molecule has 0 spiro atoms. The van der Waals surface area contributed by atoms with E-state index in [0.29, 0.717) is 4.47 Å². The SMILES string of the molecule is CC(Nc1ccc(Br)cc1[N+](=O)[O-])C(=O)O. The number of hydrogen-bond acceptors (Lipinski definition) is 4. The Morgan fingerprint density at radius 3 is 2.75 bits per heavy atom. The van der Waals surface area contributed by atoms with Gasteiger partial charge in [0.2, 0.25) is 0 Å². The van der Waals surface area contributed by atoms with Crippen LogP contribution in [0.4, 0.5) is 11.4 Å². The second kappa shape index (κ2) is 4.93. The molecule has 0 saturated carbocycles. The molecule has 1 rings (SSSR count). The van der Waals surface area contributed by atoms with Crippen molar-refractivity contribution in [2.45, 2.75) is 13.0 Å². The zero-order valence-electron chi connectivity index (χ0n) is 8.31. The first-order chi connectivity index (χ1) is 7.41. The van der Waals surface area contributed by atoms with Crippen LogP contribution in [0.3, 0.4) is 0 Å². The Labute approximate surface area is 99.6 Å². The molecule has 6 nitrogen and oxygen atoms in total. The van der Waals surface area contributed by atoms with Gasteiger partial charge in [-0.2, -0.15) is 0 Å². The number of benzene rings is 1. The number of hydrogen-bond donors (Lipinski definition) is 2. The highest BCUT2D eigenvalue weighted by molar-refractivity contribution is 9.10. The number of nitro groups is 1. The summed E-state index contributed by atoms with van der Waals surface area (Å²) in [7, 11) is 0. The topological polar surface area (TPSA) is 92.5 Å². The van der Waals surface area contributed by atoms with Gasteiger partial charge in [0.25, 0.3) is 5.69 Å². The normalized spacial score (nSPS) is 11.9. The van der Waals surface area contributed by atoms with Gasteiger partial charge in [-0.1, -0.05) is 15.9 Å². The molecule has 86 valence electrons. The number of halogens is 1. The average Bonchev–Trinajstić information content (AvgIpc) is 2.20. The molecular formula is C9H9BrN2O4. The first-order valence-corrected chi connectivity index (χ1v) is 5.14. The van der Waals surface area contributed by atoms with E-state index in [-0.39, 0.29) is 11.4 Å². The van der Waals surface area contributed by atoms with Gasteiger partial charge in [-0.05, 0) is 19.1 Å². The number of nitrogens with zero attached hydrogens (tertiary/aromatic N) is 1. The molecule has 1 unspecified atom stereocenters. The Bertz CT molecular complexity index is 436. The number of aliphatic carboxylic acids is 1. The number of carboxylic acid groups (broad SMARTS) is 1. The van der Waals surface area contributed by atoms with Crippen LogP contribution in [0.25, 0.3) is 0 Å². The van der Waals surface area contributed by atoms with Gasteiger partial charge >= 0.3 is 5.97 Å². The summed E-state index contributed by atoms with van der Waals surface area (Å²) in [4.78, 5) is 20.8. The van der Waals surface area contributed by atoms with Gasteiger partial charge in [0.15, 0.2) is 0 Å². The Hall–Kier alpha value is -1.63. The van der Waals surface area contributed by atoms with E-state index in [1.165, 1.54) is 19.1 Å². The lowest BCUT2D eigenvalue weighted by Gasteiger charge is -2.10. The van der Waals surface area contributed by atoms with Crippen molar-refractivity contribution in [1.82, 2.24) is 0 Å². The third-order valence-electron chi connectivity index (χ3n) is 1.90. The van der Waals surface area contributed by atoms with Crippen molar-refractivity contribution >= 4 is 33.3 Å². The average molecular weight is 289 g/mol. The molecule has 0 aliphatic rings.